The molecule has 2 aromatic carbocycles. The number of aliphatic imine (C=N–C) groups is 1. The van der Waals surface area contributed by atoms with Crippen molar-refractivity contribution in [2.45, 2.75) is 6.54 Å². The van der Waals surface area contributed by atoms with Gasteiger partial charge in [0.25, 0.3) is 5.91 Å². The van der Waals surface area contributed by atoms with Crippen molar-refractivity contribution in [2.75, 3.05) is 42.6 Å². The fourth-order valence-electron chi connectivity index (χ4n) is 4.16. The predicted octanol–water partition coefficient (Wildman–Crippen LogP) is 3.11. The van der Waals surface area contributed by atoms with E-state index in [-0.39, 0.29) is 17.3 Å². The summed E-state index contributed by atoms with van der Waals surface area (Å²) >= 11 is 0. The van der Waals surface area contributed by atoms with E-state index in [1.807, 2.05) is 15.9 Å². The van der Waals surface area contributed by atoms with Gasteiger partial charge in [-0.25, -0.2) is 18.7 Å². The minimum absolute atomic E-state index is 0.0388. The van der Waals surface area contributed by atoms with Gasteiger partial charge in [0.1, 0.15) is 18.3 Å². The van der Waals surface area contributed by atoms with Crippen LogP contribution in [-0.4, -0.2) is 59.8 Å². The van der Waals surface area contributed by atoms with Gasteiger partial charge in [-0.05, 0) is 35.9 Å². The number of nitrogens with zero attached hydrogens (tertiary/aromatic N) is 6. The first-order chi connectivity index (χ1) is 16.1. The Kier molecular flexibility index (Phi) is 5.68. The zero-order chi connectivity index (χ0) is 22.8. The Hall–Kier alpha value is -3.88. The molecule has 0 bridgehead atoms. The Bertz CT molecular complexity index is 1190. The van der Waals surface area contributed by atoms with Crippen LogP contribution in [-0.2, 0) is 6.54 Å². The fourth-order valence-corrected chi connectivity index (χ4v) is 4.16. The molecule has 1 fully saturated rings. The van der Waals surface area contributed by atoms with E-state index in [4.69, 9.17) is 0 Å². The summed E-state index contributed by atoms with van der Waals surface area (Å²) in [4.78, 5) is 31.4. The van der Waals surface area contributed by atoms with Crippen molar-refractivity contribution in [1.29, 1.82) is 0 Å². The summed E-state index contributed by atoms with van der Waals surface area (Å²) in [6.45, 7) is 2.80. The van der Waals surface area contributed by atoms with Gasteiger partial charge in [0.2, 0.25) is 5.95 Å². The third-order valence-electron chi connectivity index (χ3n) is 5.88. The lowest BCUT2D eigenvalue weighted by Gasteiger charge is -2.34. The number of aromatic nitrogens is 2. The van der Waals surface area contributed by atoms with Crippen LogP contribution in [0.5, 0.6) is 0 Å². The molecule has 3 aromatic rings. The molecular formula is C24H22F2N6O. The van der Waals surface area contributed by atoms with Crippen LogP contribution in [0, 0.1) is 11.6 Å². The van der Waals surface area contributed by atoms with Crippen LogP contribution in [0.1, 0.15) is 21.5 Å². The Labute approximate surface area is 190 Å². The van der Waals surface area contributed by atoms with E-state index in [0.717, 1.165) is 11.3 Å². The quantitative estimate of drug-likeness (QED) is 0.614. The number of hydrogen-bond acceptors (Lipinski definition) is 6. The van der Waals surface area contributed by atoms with Crippen LogP contribution < -0.4 is 9.80 Å². The van der Waals surface area contributed by atoms with Gasteiger partial charge in [0.05, 0.1) is 16.8 Å². The average molecular weight is 448 g/mol. The van der Waals surface area contributed by atoms with Crippen molar-refractivity contribution in [1.82, 2.24) is 14.9 Å². The molecule has 0 spiro atoms. The van der Waals surface area contributed by atoms with Crippen molar-refractivity contribution in [3.63, 3.8) is 0 Å². The first kappa shape index (κ1) is 21.0. The lowest BCUT2D eigenvalue weighted by atomic mass is 10.1. The number of amides is 1. The molecule has 0 aliphatic carbocycles. The van der Waals surface area contributed by atoms with Crippen LogP contribution in [0.3, 0.4) is 0 Å². The molecule has 33 heavy (non-hydrogen) atoms. The van der Waals surface area contributed by atoms with Crippen molar-refractivity contribution in [3.05, 3.63) is 83.2 Å². The lowest BCUT2D eigenvalue weighted by molar-refractivity contribution is 0.0741. The van der Waals surface area contributed by atoms with Crippen molar-refractivity contribution in [3.8, 4) is 0 Å². The van der Waals surface area contributed by atoms with Crippen molar-refractivity contribution >= 4 is 23.8 Å². The summed E-state index contributed by atoms with van der Waals surface area (Å²) in [5.41, 5.74) is 1.95. The van der Waals surface area contributed by atoms with E-state index in [1.54, 1.807) is 41.6 Å². The largest absolute Gasteiger partial charge is 0.347 e. The number of rotatable bonds is 4. The van der Waals surface area contributed by atoms with E-state index in [9.17, 15) is 13.6 Å². The van der Waals surface area contributed by atoms with Crippen molar-refractivity contribution < 1.29 is 13.6 Å². The van der Waals surface area contributed by atoms with Crippen LogP contribution in [0.2, 0.25) is 0 Å². The maximum Gasteiger partial charge on any atom is 0.256 e. The summed E-state index contributed by atoms with van der Waals surface area (Å²) in [6.07, 6.45) is 4.89. The summed E-state index contributed by atoms with van der Waals surface area (Å²) in [5, 5.41) is 0. The zero-order valence-corrected chi connectivity index (χ0v) is 17.9. The molecule has 3 heterocycles. The topological polar surface area (TPSA) is 64.9 Å². The number of benzene rings is 2. The molecule has 2 aliphatic rings. The molecule has 0 saturated carbocycles. The van der Waals surface area contributed by atoms with Gasteiger partial charge in [-0.1, -0.05) is 12.1 Å². The van der Waals surface area contributed by atoms with E-state index >= 15 is 0 Å². The minimum Gasteiger partial charge on any atom is -0.347 e. The maximum absolute atomic E-state index is 14.6. The minimum atomic E-state index is -0.555. The predicted molar refractivity (Wildman–Crippen MR) is 122 cm³/mol. The molecule has 168 valence electrons. The highest BCUT2D eigenvalue weighted by molar-refractivity contribution is 5.95. The average Bonchev–Trinajstić information content (AvgIpc) is 2.86. The molecular weight excluding hydrogens is 426 g/mol. The summed E-state index contributed by atoms with van der Waals surface area (Å²) in [6, 6.07) is 11.2. The van der Waals surface area contributed by atoms with Gasteiger partial charge in [0, 0.05) is 51.3 Å². The Morgan fingerprint density at radius 1 is 0.939 bits per heavy atom. The SMILES string of the molecule is O=C(c1cc(CN2CN=Cc3c(F)cccc32)ccc1F)N1CCN(c2ncccn2)CC1. The Morgan fingerprint density at radius 3 is 2.52 bits per heavy atom. The third kappa shape index (κ3) is 4.26. The van der Waals surface area contributed by atoms with Gasteiger partial charge >= 0.3 is 0 Å². The molecule has 2 aliphatic heterocycles. The first-order valence-electron chi connectivity index (χ1n) is 10.7. The Morgan fingerprint density at radius 2 is 1.73 bits per heavy atom. The van der Waals surface area contributed by atoms with Crippen LogP contribution in [0.25, 0.3) is 0 Å². The highest BCUT2D eigenvalue weighted by Crippen LogP contribution is 2.27. The van der Waals surface area contributed by atoms with Crippen molar-refractivity contribution in [2.24, 2.45) is 4.99 Å². The number of piperazine rings is 1. The molecule has 0 radical (unpaired) electrons. The lowest BCUT2D eigenvalue weighted by Crippen LogP contribution is -2.49. The smallest absolute Gasteiger partial charge is 0.256 e. The molecule has 0 atom stereocenters. The second-order valence-electron chi connectivity index (χ2n) is 7.97. The van der Waals surface area contributed by atoms with E-state index in [1.165, 1.54) is 18.3 Å². The fraction of sp³-hybridized carbons (Fsp3) is 0.250. The molecule has 0 N–H and O–H groups in total. The van der Waals surface area contributed by atoms with Crippen LogP contribution in [0.15, 0.2) is 59.9 Å². The number of anilines is 2. The van der Waals surface area contributed by atoms with Crippen LogP contribution >= 0.6 is 0 Å². The van der Waals surface area contributed by atoms with E-state index < -0.39 is 5.82 Å². The van der Waals surface area contributed by atoms with Crippen LogP contribution in [0.4, 0.5) is 20.4 Å². The first-order valence-corrected chi connectivity index (χ1v) is 10.7. The highest BCUT2D eigenvalue weighted by Gasteiger charge is 2.26. The number of hydrogen-bond donors (Lipinski definition) is 0. The molecule has 9 heteroatoms. The summed E-state index contributed by atoms with van der Waals surface area (Å²) < 4.78 is 28.7. The normalized spacial score (nSPS) is 15.5. The number of fused-ring (bicyclic) bond motifs is 1. The standard InChI is InChI=1S/C24H22F2N6O/c25-20-3-1-4-22-19(20)14-27-16-32(22)15-17-5-6-21(26)18(13-17)23(33)30-9-11-31(12-10-30)24-28-7-2-8-29-24/h1-8,13-14H,9-12,15-16H2. The third-order valence-corrected chi connectivity index (χ3v) is 5.88. The number of halogens is 2. The second-order valence-corrected chi connectivity index (χ2v) is 7.97. The monoisotopic (exact) mass is 448 g/mol. The van der Waals surface area contributed by atoms with Gasteiger partial charge < -0.3 is 14.7 Å². The molecule has 1 amide bonds. The molecule has 7 nitrogen and oxygen atoms in total. The molecule has 5 rings (SSSR count). The molecule has 0 unspecified atom stereocenters. The molecule has 1 saturated heterocycles. The van der Waals surface area contributed by atoms with Gasteiger partial charge in [-0.3, -0.25) is 9.79 Å². The van der Waals surface area contributed by atoms with Gasteiger partial charge in [-0.2, -0.15) is 0 Å². The number of carbonyl (C=O) groups excluding carboxylic acids is 1. The second kappa shape index (κ2) is 8.93. The Balaban J connectivity index is 1.30. The highest BCUT2D eigenvalue weighted by atomic mass is 19.1. The number of carbonyl (C=O) groups is 1. The maximum atomic E-state index is 14.6. The van der Waals surface area contributed by atoms with E-state index in [0.29, 0.717) is 50.9 Å². The summed E-state index contributed by atoms with van der Waals surface area (Å²) in [7, 11) is 0. The van der Waals surface area contributed by atoms with Gasteiger partial charge in [0.15, 0.2) is 0 Å². The van der Waals surface area contributed by atoms with E-state index in [2.05, 4.69) is 15.0 Å². The van der Waals surface area contributed by atoms with Gasteiger partial charge in [-0.15, -0.1) is 0 Å². The summed E-state index contributed by atoms with van der Waals surface area (Å²) in [5.74, 6) is -0.610. The molecule has 1 aromatic heterocycles. The zero-order valence-electron chi connectivity index (χ0n) is 17.9.